The molecule has 122 valence electrons. The Morgan fingerprint density at radius 3 is 2.28 bits per heavy atom. The lowest BCUT2D eigenvalue weighted by atomic mass is 9.99. The van der Waals surface area contributed by atoms with Gasteiger partial charge in [0.2, 0.25) is 0 Å². The van der Waals surface area contributed by atoms with E-state index in [-0.39, 0.29) is 0 Å². The summed E-state index contributed by atoms with van der Waals surface area (Å²) in [4.78, 5) is 1.46. The van der Waals surface area contributed by atoms with Crippen LogP contribution in [0.25, 0.3) is 20.5 Å². The molecule has 2 atom stereocenters. The van der Waals surface area contributed by atoms with E-state index in [4.69, 9.17) is 0 Å². The van der Waals surface area contributed by atoms with Crippen LogP contribution in [0.2, 0.25) is 0 Å². The standard InChI is InChI=1S/C23H17IS/c24-17-11-12-18-21(13-17)25-23(16-9-5-2-6-10-16)22(18)20-14-19(20)15-7-3-1-4-8-15/h1-13,19-20H,14H2. The highest BCUT2D eigenvalue weighted by molar-refractivity contribution is 14.1. The Morgan fingerprint density at radius 2 is 1.52 bits per heavy atom. The molecule has 1 heterocycles. The van der Waals surface area contributed by atoms with E-state index in [0.29, 0.717) is 11.8 Å². The molecule has 0 N–H and O–H groups in total. The van der Waals surface area contributed by atoms with Crippen molar-refractivity contribution in [2.75, 3.05) is 0 Å². The number of thiophene rings is 1. The third kappa shape index (κ3) is 2.81. The summed E-state index contributed by atoms with van der Waals surface area (Å²) in [5.41, 5.74) is 4.40. The summed E-state index contributed by atoms with van der Waals surface area (Å²) in [7, 11) is 0. The van der Waals surface area contributed by atoms with E-state index in [1.165, 1.54) is 36.1 Å². The number of rotatable bonds is 3. The van der Waals surface area contributed by atoms with Crippen molar-refractivity contribution in [2.45, 2.75) is 18.3 Å². The predicted octanol–water partition coefficient (Wildman–Crippen LogP) is 7.44. The lowest BCUT2D eigenvalue weighted by Crippen LogP contribution is -1.86. The Balaban J connectivity index is 1.66. The van der Waals surface area contributed by atoms with Gasteiger partial charge in [0.05, 0.1) is 0 Å². The minimum atomic E-state index is 0.645. The van der Waals surface area contributed by atoms with Crippen LogP contribution in [-0.4, -0.2) is 0 Å². The number of hydrogen-bond acceptors (Lipinski definition) is 1. The molecule has 0 aliphatic heterocycles. The van der Waals surface area contributed by atoms with E-state index in [1.807, 2.05) is 11.3 Å². The molecule has 0 nitrogen and oxygen atoms in total. The molecule has 3 aromatic carbocycles. The quantitative estimate of drug-likeness (QED) is 0.283. The van der Waals surface area contributed by atoms with Crippen molar-refractivity contribution in [3.63, 3.8) is 0 Å². The number of hydrogen-bond donors (Lipinski definition) is 0. The highest BCUT2D eigenvalue weighted by atomic mass is 127. The molecule has 4 aromatic rings. The molecule has 1 aliphatic carbocycles. The van der Waals surface area contributed by atoms with Crippen LogP contribution in [-0.2, 0) is 0 Å². The summed E-state index contributed by atoms with van der Waals surface area (Å²) in [6.07, 6.45) is 1.27. The van der Waals surface area contributed by atoms with Gasteiger partial charge in [0.25, 0.3) is 0 Å². The second-order valence-electron chi connectivity index (χ2n) is 6.71. The van der Waals surface area contributed by atoms with Crippen molar-refractivity contribution in [2.24, 2.45) is 0 Å². The second-order valence-corrected chi connectivity index (χ2v) is 9.01. The van der Waals surface area contributed by atoms with E-state index >= 15 is 0 Å². The second kappa shape index (κ2) is 6.26. The van der Waals surface area contributed by atoms with Gasteiger partial charge in [-0.1, -0.05) is 66.7 Å². The fourth-order valence-electron chi connectivity index (χ4n) is 3.85. The Kier molecular flexibility index (Phi) is 3.90. The largest absolute Gasteiger partial charge is 0.135 e. The van der Waals surface area contributed by atoms with Crippen LogP contribution in [0.3, 0.4) is 0 Å². The van der Waals surface area contributed by atoms with Crippen molar-refractivity contribution in [1.82, 2.24) is 0 Å². The minimum Gasteiger partial charge on any atom is -0.135 e. The molecule has 1 aromatic heterocycles. The average Bonchev–Trinajstić information content (AvgIpc) is 3.36. The van der Waals surface area contributed by atoms with Crippen molar-refractivity contribution in [3.8, 4) is 10.4 Å². The molecule has 0 radical (unpaired) electrons. The van der Waals surface area contributed by atoms with Crippen LogP contribution in [0.4, 0.5) is 0 Å². The lowest BCUT2D eigenvalue weighted by Gasteiger charge is -2.06. The SMILES string of the molecule is Ic1ccc2c(C3CC3c3ccccc3)c(-c3ccccc3)sc2c1. The van der Waals surface area contributed by atoms with Crippen LogP contribution in [0.15, 0.2) is 78.9 Å². The molecule has 0 bridgehead atoms. The maximum absolute atomic E-state index is 2.42. The maximum Gasteiger partial charge on any atom is 0.0390 e. The Bertz CT molecular complexity index is 1030. The van der Waals surface area contributed by atoms with Gasteiger partial charge >= 0.3 is 0 Å². The summed E-state index contributed by atoms with van der Waals surface area (Å²) in [6, 6.07) is 28.8. The summed E-state index contributed by atoms with van der Waals surface area (Å²) >= 11 is 4.37. The topological polar surface area (TPSA) is 0 Å². The van der Waals surface area contributed by atoms with Crippen LogP contribution < -0.4 is 0 Å². The van der Waals surface area contributed by atoms with Gasteiger partial charge in [0.15, 0.2) is 0 Å². The Morgan fingerprint density at radius 1 is 0.800 bits per heavy atom. The molecule has 0 spiro atoms. The number of fused-ring (bicyclic) bond motifs is 1. The van der Waals surface area contributed by atoms with Crippen molar-refractivity contribution in [1.29, 1.82) is 0 Å². The van der Waals surface area contributed by atoms with E-state index < -0.39 is 0 Å². The lowest BCUT2D eigenvalue weighted by molar-refractivity contribution is 1.04. The molecule has 0 saturated heterocycles. The Hall–Kier alpha value is -1.65. The molecular weight excluding hydrogens is 435 g/mol. The first-order valence-electron chi connectivity index (χ1n) is 8.63. The highest BCUT2D eigenvalue weighted by Gasteiger charge is 2.42. The third-order valence-electron chi connectivity index (χ3n) is 5.12. The predicted molar refractivity (Wildman–Crippen MR) is 117 cm³/mol. The van der Waals surface area contributed by atoms with Gasteiger partial charge in [-0.25, -0.2) is 0 Å². The first-order chi connectivity index (χ1) is 12.3. The summed E-state index contributed by atoms with van der Waals surface area (Å²) in [6.45, 7) is 0. The van der Waals surface area contributed by atoms with E-state index in [1.54, 1.807) is 5.56 Å². The van der Waals surface area contributed by atoms with Crippen LogP contribution in [0.5, 0.6) is 0 Å². The van der Waals surface area contributed by atoms with Crippen LogP contribution >= 0.6 is 33.9 Å². The molecule has 25 heavy (non-hydrogen) atoms. The molecule has 1 fully saturated rings. The van der Waals surface area contributed by atoms with Gasteiger partial charge in [0, 0.05) is 13.1 Å². The molecule has 2 heteroatoms. The van der Waals surface area contributed by atoms with Gasteiger partial charge in [-0.3, -0.25) is 0 Å². The smallest absolute Gasteiger partial charge is 0.0390 e. The highest BCUT2D eigenvalue weighted by Crippen LogP contribution is 2.59. The van der Waals surface area contributed by atoms with Crippen molar-refractivity contribution >= 4 is 44.0 Å². The fourth-order valence-corrected chi connectivity index (χ4v) is 5.87. The molecule has 1 saturated carbocycles. The van der Waals surface area contributed by atoms with Crippen molar-refractivity contribution in [3.05, 3.63) is 93.6 Å². The van der Waals surface area contributed by atoms with Gasteiger partial charge < -0.3 is 0 Å². The van der Waals surface area contributed by atoms with E-state index in [9.17, 15) is 0 Å². The first-order valence-corrected chi connectivity index (χ1v) is 10.5. The molecular formula is C23H17IS. The fraction of sp³-hybridized carbons (Fsp3) is 0.130. The molecule has 0 amide bonds. The summed E-state index contributed by atoms with van der Waals surface area (Å²) < 4.78 is 2.73. The maximum atomic E-state index is 2.42. The van der Waals surface area contributed by atoms with Crippen molar-refractivity contribution < 1.29 is 0 Å². The van der Waals surface area contributed by atoms with Crippen LogP contribution in [0, 0.1) is 3.57 Å². The zero-order valence-corrected chi connectivity index (χ0v) is 16.6. The number of halogens is 1. The number of benzene rings is 3. The third-order valence-corrected chi connectivity index (χ3v) is 7.00. The van der Waals surface area contributed by atoms with Gasteiger partial charge in [-0.2, -0.15) is 0 Å². The first kappa shape index (κ1) is 15.6. The van der Waals surface area contributed by atoms with Gasteiger partial charge in [0.1, 0.15) is 0 Å². The molecule has 2 unspecified atom stereocenters. The monoisotopic (exact) mass is 452 g/mol. The average molecular weight is 452 g/mol. The summed E-state index contributed by atoms with van der Waals surface area (Å²) in [5, 5.41) is 1.45. The van der Waals surface area contributed by atoms with Crippen LogP contribution in [0.1, 0.15) is 29.4 Å². The minimum absolute atomic E-state index is 0.645. The van der Waals surface area contributed by atoms with E-state index in [0.717, 1.165) is 0 Å². The molecule has 5 rings (SSSR count). The zero-order valence-electron chi connectivity index (χ0n) is 13.7. The van der Waals surface area contributed by atoms with E-state index in [2.05, 4.69) is 101 Å². The normalized spacial score (nSPS) is 19.2. The summed E-state index contributed by atoms with van der Waals surface area (Å²) in [5.74, 6) is 1.31. The van der Waals surface area contributed by atoms with Gasteiger partial charge in [-0.15, -0.1) is 11.3 Å². The molecule has 1 aliphatic rings. The Labute approximate surface area is 165 Å². The zero-order chi connectivity index (χ0) is 16.8. The van der Waals surface area contributed by atoms with Gasteiger partial charge in [-0.05, 0) is 75.1 Å².